The van der Waals surface area contributed by atoms with Gasteiger partial charge in [0.15, 0.2) is 0 Å². The van der Waals surface area contributed by atoms with Gasteiger partial charge in [0.2, 0.25) is 0 Å². The summed E-state index contributed by atoms with van der Waals surface area (Å²) in [5.41, 5.74) is 6.86. The summed E-state index contributed by atoms with van der Waals surface area (Å²) in [6.45, 7) is 3.07. The first-order valence-corrected chi connectivity index (χ1v) is 11.7. The molecule has 0 radical (unpaired) electrons. The highest BCUT2D eigenvalue weighted by Gasteiger charge is 2.53. The molecule has 1 N–H and O–H groups in total. The van der Waals surface area contributed by atoms with Crippen LogP contribution in [0.15, 0.2) is 67.0 Å². The first-order chi connectivity index (χ1) is 15.2. The van der Waals surface area contributed by atoms with Crippen LogP contribution in [0.1, 0.15) is 59.1 Å². The second-order valence-electron chi connectivity index (χ2n) is 9.50. The summed E-state index contributed by atoms with van der Waals surface area (Å²) >= 11 is 6.46. The van der Waals surface area contributed by atoms with Crippen LogP contribution in [-0.2, 0) is 5.41 Å². The number of likely N-dealkylation sites (tertiary alicyclic amines) is 1. The van der Waals surface area contributed by atoms with Gasteiger partial charge in [0.05, 0.1) is 6.10 Å². The number of piperidine rings is 1. The molecule has 1 fully saturated rings. The highest BCUT2D eigenvalue weighted by Crippen LogP contribution is 2.60. The maximum Gasteiger partial charge on any atom is 0.0833 e. The van der Waals surface area contributed by atoms with Gasteiger partial charge in [-0.2, -0.15) is 0 Å². The van der Waals surface area contributed by atoms with Crippen molar-refractivity contribution in [1.29, 1.82) is 0 Å². The predicted molar refractivity (Wildman–Crippen MR) is 123 cm³/mol. The standard InChI is InChI=1S/C27H27ClN2O/c28-20-7-8-22-23-15-27(25(22)14-20,24-6-2-1-5-21(23)24)17-30-12-9-18(10-13-30)26(31)19-4-3-11-29-16-19/h1-8,11,14,16,18,23,26,31H,9-10,12-13,15,17H2/t23-,26-,27-/m1/s1. The van der Waals surface area contributed by atoms with Crippen molar-refractivity contribution >= 4 is 11.6 Å². The highest BCUT2D eigenvalue weighted by molar-refractivity contribution is 6.30. The summed E-state index contributed by atoms with van der Waals surface area (Å²) < 4.78 is 0. The third-order valence-electron chi connectivity index (χ3n) is 7.91. The number of aliphatic hydroxyl groups is 1. The van der Waals surface area contributed by atoms with Crippen molar-refractivity contribution in [2.24, 2.45) is 5.92 Å². The van der Waals surface area contributed by atoms with Crippen molar-refractivity contribution in [2.75, 3.05) is 19.6 Å². The molecule has 31 heavy (non-hydrogen) atoms. The van der Waals surface area contributed by atoms with Crippen LogP contribution >= 0.6 is 11.6 Å². The van der Waals surface area contributed by atoms with Crippen LogP contribution in [0.4, 0.5) is 0 Å². The van der Waals surface area contributed by atoms with E-state index in [1.807, 2.05) is 18.2 Å². The summed E-state index contributed by atoms with van der Waals surface area (Å²) in [4.78, 5) is 6.79. The molecule has 2 bridgehead atoms. The number of nitrogens with zero attached hydrogens (tertiary/aromatic N) is 2. The minimum absolute atomic E-state index is 0.0380. The summed E-state index contributed by atoms with van der Waals surface area (Å²) in [7, 11) is 0. The van der Waals surface area contributed by atoms with E-state index in [1.165, 1.54) is 22.3 Å². The Bertz CT molecular complexity index is 1110. The second kappa shape index (κ2) is 7.44. The normalized spacial score (nSPS) is 25.9. The smallest absolute Gasteiger partial charge is 0.0833 e. The largest absolute Gasteiger partial charge is 0.388 e. The summed E-state index contributed by atoms with van der Waals surface area (Å²) in [5, 5.41) is 11.7. The zero-order valence-corrected chi connectivity index (χ0v) is 18.3. The molecule has 0 amide bonds. The number of benzene rings is 2. The van der Waals surface area contributed by atoms with E-state index in [2.05, 4.69) is 46.3 Å². The molecular weight excluding hydrogens is 404 g/mol. The maximum atomic E-state index is 10.8. The summed E-state index contributed by atoms with van der Waals surface area (Å²) in [6, 6.07) is 19.4. The Balaban J connectivity index is 1.25. The van der Waals surface area contributed by atoms with Gasteiger partial charge in [-0.15, -0.1) is 0 Å². The van der Waals surface area contributed by atoms with E-state index in [1.54, 1.807) is 12.4 Å². The molecule has 2 aliphatic carbocycles. The molecule has 3 atom stereocenters. The minimum Gasteiger partial charge on any atom is -0.388 e. The molecule has 6 rings (SSSR count). The zero-order valence-electron chi connectivity index (χ0n) is 17.5. The monoisotopic (exact) mass is 430 g/mol. The lowest BCUT2D eigenvalue weighted by atomic mass is 9.74. The average Bonchev–Trinajstić information content (AvgIpc) is 3.31. The molecule has 2 heterocycles. The molecule has 1 saturated heterocycles. The predicted octanol–water partition coefficient (Wildman–Crippen LogP) is 5.32. The number of hydrogen-bond donors (Lipinski definition) is 1. The lowest BCUT2D eigenvalue weighted by Gasteiger charge is -2.40. The number of pyridine rings is 1. The van der Waals surface area contributed by atoms with E-state index < -0.39 is 6.10 Å². The van der Waals surface area contributed by atoms with Crippen molar-refractivity contribution < 1.29 is 5.11 Å². The van der Waals surface area contributed by atoms with Crippen molar-refractivity contribution in [3.05, 3.63) is 99.8 Å². The Kier molecular flexibility index (Phi) is 4.68. The molecule has 3 nitrogen and oxygen atoms in total. The third-order valence-corrected chi connectivity index (χ3v) is 8.14. The number of halogens is 1. The van der Waals surface area contributed by atoms with Crippen molar-refractivity contribution in [1.82, 2.24) is 9.88 Å². The summed E-state index contributed by atoms with van der Waals surface area (Å²) in [5.74, 6) is 0.792. The SMILES string of the molecule is O[C@@H](c1cccnc1)C1CCN(C[C@]23C[C@H](c4ccccc42)c2ccc(Cl)cc23)CC1. The van der Waals surface area contributed by atoms with Crippen molar-refractivity contribution in [3.63, 3.8) is 0 Å². The highest BCUT2D eigenvalue weighted by atomic mass is 35.5. The molecule has 3 aliphatic rings. The van der Waals surface area contributed by atoms with E-state index in [0.29, 0.717) is 11.8 Å². The van der Waals surface area contributed by atoms with E-state index in [9.17, 15) is 5.11 Å². The number of rotatable bonds is 4. The van der Waals surface area contributed by atoms with Gasteiger partial charge in [-0.25, -0.2) is 0 Å². The van der Waals surface area contributed by atoms with E-state index in [4.69, 9.17) is 11.6 Å². The Morgan fingerprint density at radius 1 is 1.03 bits per heavy atom. The van der Waals surface area contributed by atoms with E-state index in [0.717, 1.165) is 49.5 Å². The summed E-state index contributed by atoms with van der Waals surface area (Å²) in [6.07, 6.45) is 6.32. The number of fused-ring (bicyclic) bond motifs is 8. The molecule has 4 heteroatoms. The van der Waals surface area contributed by atoms with E-state index >= 15 is 0 Å². The molecule has 2 aromatic carbocycles. The number of aromatic nitrogens is 1. The molecule has 0 unspecified atom stereocenters. The first kappa shape index (κ1) is 19.5. The molecule has 0 saturated carbocycles. The quantitative estimate of drug-likeness (QED) is 0.608. The minimum atomic E-state index is -0.420. The Hall–Kier alpha value is -2.20. The molecule has 158 valence electrons. The third kappa shape index (κ3) is 3.06. The van der Waals surface area contributed by atoms with E-state index in [-0.39, 0.29) is 5.41 Å². The molecule has 1 aromatic heterocycles. The van der Waals surface area contributed by atoms with Crippen LogP contribution in [0.5, 0.6) is 0 Å². The molecule has 1 aliphatic heterocycles. The van der Waals surface area contributed by atoms with Crippen LogP contribution in [0.3, 0.4) is 0 Å². The zero-order chi connectivity index (χ0) is 21.0. The second-order valence-corrected chi connectivity index (χ2v) is 9.94. The van der Waals surface area contributed by atoms with Crippen molar-refractivity contribution in [3.8, 4) is 0 Å². The van der Waals surface area contributed by atoms with Gasteiger partial charge in [0.1, 0.15) is 0 Å². The number of hydrogen-bond acceptors (Lipinski definition) is 3. The maximum absolute atomic E-state index is 10.8. The van der Waals surface area contributed by atoms with Gasteiger partial charge in [-0.3, -0.25) is 4.98 Å². The number of aliphatic hydroxyl groups excluding tert-OH is 1. The van der Waals surface area contributed by atoms with Crippen LogP contribution in [-0.4, -0.2) is 34.6 Å². The van der Waals surface area contributed by atoms with Gasteiger partial charge in [0.25, 0.3) is 0 Å². The topological polar surface area (TPSA) is 36.4 Å². The van der Waals surface area contributed by atoms with Crippen LogP contribution in [0, 0.1) is 5.92 Å². The van der Waals surface area contributed by atoms with Gasteiger partial charge in [0, 0.05) is 35.3 Å². The van der Waals surface area contributed by atoms with Crippen LogP contribution in [0.2, 0.25) is 5.02 Å². The molecule has 0 spiro atoms. The fourth-order valence-electron chi connectivity index (χ4n) is 6.45. The lowest BCUT2D eigenvalue weighted by Crippen LogP contribution is -2.44. The Labute approximate surface area is 188 Å². The van der Waals surface area contributed by atoms with Crippen molar-refractivity contribution in [2.45, 2.75) is 36.7 Å². The Morgan fingerprint density at radius 3 is 2.65 bits per heavy atom. The first-order valence-electron chi connectivity index (χ1n) is 11.4. The fourth-order valence-corrected chi connectivity index (χ4v) is 6.62. The lowest BCUT2D eigenvalue weighted by molar-refractivity contribution is 0.0538. The molecule has 3 aromatic rings. The average molecular weight is 431 g/mol. The molecular formula is C27H27ClN2O. The Morgan fingerprint density at radius 2 is 1.84 bits per heavy atom. The van der Waals surface area contributed by atoms with Crippen LogP contribution < -0.4 is 0 Å². The van der Waals surface area contributed by atoms with Gasteiger partial charge >= 0.3 is 0 Å². The van der Waals surface area contributed by atoms with Gasteiger partial charge in [-0.1, -0.05) is 48.0 Å². The fraction of sp³-hybridized carbons (Fsp3) is 0.370. The van der Waals surface area contributed by atoms with Crippen LogP contribution in [0.25, 0.3) is 0 Å². The van der Waals surface area contributed by atoms with Gasteiger partial charge < -0.3 is 10.0 Å². The van der Waals surface area contributed by atoms with Gasteiger partial charge in [-0.05, 0) is 84.3 Å².